The minimum absolute atomic E-state index is 0.0523. The second-order valence-corrected chi connectivity index (χ2v) is 6.60. The van der Waals surface area contributed by atoms with Crippen LogP contribution in [0.3, 0.4) is 0 Å². The molecule has 0 bridgehead atoms. The van der Waals surface area contributed by atoms with E-state index in [0.29, 0.717) is 11.3 Å². The van der Waals surface area contributed by atoms with Gasteiger partial charge < -0.3 is 5.32 Å². The Balaban J connectivity index is 2.17. The van der Waals surface area contributed by atoms with Crippen molar-refractivity contribution < 1.29 is 17.7 Å². The molecule has 0 aliphatic rings. The van der Waals surface area contributed by atoms with Gasteiger partial charge >= 0.3 is 0 Å². The van der Waals surface area contributed by atoms with E-state index < -0.39 is 20.8 Å². The number of hydrogen-bond donors (Lipinski definition) is 2. The molecule has 0 radical (unpaired) electrons. The molecule has 0 unspecified atom stereocenters. The van der Waals surface area contributed by atoms with Crippen molar-refractivity contribution in [2.24, 2.45) is 0 Å². The van der Waals surface area contributed by atoms with Crippen molar-refractivity contribution in [3.05, 3.63) is 64.0 Å². The number of hydrogen-bond acceptors (Lipinski definition) is 5. The highest BCUT2D eigenvalue weighted by atomic mass is 32.2. The fourth-order valence-corrected chi connectivity index (χ4v) is 2.52. The van der Waals surface area contributed by atoms with Crippen molar-refractivity contribution in [3.8, 4) is 0 Å². The Morgan fingerprint density at radius 2 is 1.96 bits per heavy atom. The summed E-state index contributed by atoms with van der Waals surface area (Å²) in [5, 5.41) is 13.7. The van der Waals surface area contributed by atoms with Crippen molar-refractivity contribution >= 4 is 27.1 Å². The van der Waals surface area contributed by atoms with Gasteiger partial charge in [0.1, 0.15) is 11.5 Å². The van der Waals surface area contributed by atoms with Gasteiger partial charge in [-0.1, -0.05) is 12.1 Å². The summed E-state index contributed by atoms with van der Waals surface area (Å²) in [5.74, 6) is -0.592. The van der Waals surface area contributed by atoms with E-state index in [1.54, 1.807) is 24.3 Å². The van der Waals surface area contributed by atoms with Gasteiger partial charge in [0.2, 0.25) is 10.0 Å². The number of nitro groups is 1. The Hall–Kier alpha value is -2.68. The van der Waals surface area contributed by atoms with Crippen molar-refractivity contribution in [3.63, 3.8) is 0 Å². The topological polar surface area (TPSA) is 101 Å². The Morgan fingerprint density at radius 1 is 1.22 bits per heavy atom. The number of halogens is 1. The summed E-state index contributed by atoms with van der Waals surface area (Å²) in [5.41, 5.74) is 0.867. The van der Waals surface area contributed by atoms with Crippen LogP contribution in [0, 0.1) is 15.9 Å². The zero-order valence-electron chi connectivity index (χ0n) is 12.1. The summed E-state index contributed by atoms with van der Waals surface area (Å²) in [6, 6.07) is 9.65. The van der Waals surface area contributed by atoms with Crippen LogP contribution in [-0.2, 0) is 16.6 Å². The number of nitrogens with zero attached hydrogens (tertiary/aromatic N) is 1. The molecule has 0 saturated heterocycles. The number of benzene rings is 2. The molecule has 0 aromatic heterocycles. The third-order valence-electron chi connectivity index (χ3n) is 2.87. The molecule has 0 saturated carbocycles. The first-order valence-corrected chi connectivity index (χ1v) is 8.38. The Kier molecular flexibility index (Phi) is 4.80. The summed E-state index contributed by atoms with van der Waals surface area (Å²) in [6.07, 6.45) is 1.04. The predicted octanol–water partition coefficient (Wildman–Crippen LogP) is 2.72. The van der Waals surface area contributed by atoms with E-state index in [1.165, 1.54) is 0 Å². The molecule has 2 aromatic carbocycles. The van der Waals surface area contributed by atoms with Crippen molar-refractivity contribution in [2.45, 2.75) is 6.54 Å². The first kappa shape index (κ1) is 16.7. The van der Waals surface area contributed by atoms with E-state index in [0.717, 1.165) is 24.5 Å². The molecule has 23 heavy (non-hydrogen) atoms. The minimum atomic E-state index is -3.39. The lowest BCUT2D eigenvalue weighted by atomic mass is 10.2. The van der Waals surface area contributed by atoms with Crippen LogP contribution in [0.25, 0.3) is 0 Å². The first-order chi connectivity index (χ1) is 10.7. The quantitative estimate of drug-likeness (QED) is 0.622. The van der Waals surface area contributed by atoms with Gasteiger partial charge in [-0.05, 0) is 23.8 Å². The monoisotopic (exact) mass is 339 g/mol. The summed E-state index contributed by atoms with van der Waals surface area (Å²) in [7, 11) is -3.39. The highest BCUT2D eigenvalue weighted by Crippen LogP contribution is 2.25. The number of anilines is 2. The second kappa shape index (κ2) is 6.61. The summed E-state index contributed by atoms with van der Waals surface area (Å²) in [4.78, 5) is 10.3. The SMILES string of the molecule is CS(=O)(=O)Nc1cccc(CNc2cc(F)ccc2[N+](=O)[O-])c1. The molecule has 9 heteroatoms. The Morgan fingerprint density at radius 3 is 2.61 bits per heavy atom. The van der Waals surface area contributed by atoms with Crippen LogP contribution in [0.2, 0.25) is 0 Å². The van der Waals surface area contributed by atoms with E-state index in [2.05, 4.69) is 10.0 Å². The largest absolute Gasteiger partial charge is 0.375 e. The van der Waals surface area contributed by atoms with Crippen molar-refractivity contribution in [2.75, 3.05) is 16.3 Å². The van der Waals surface area contributed by atoms with Crippen LogP contribution in [-0.4, -0.2) is 19.6 Å². The normalized spacial score (nSPS) is 11.0. The number of sulfonamides is 1. The van der Waals surface area contributed by atoms with Gasteiger partial charge in [-0.15, -0.1) is 0 Å². The maximum absolute atomic E-state index is 13.2. The Bertz CT molecular complexity index is 840. The lowest BCUT2D eigenvalue weighted by molar-refractivity contribution is -0.384. The standard InChI is InChI=1S/C14H14FN3O4S/c1-23(21,22)17-12-4-2-3-10(7-12)9-16-13-8-11(15)5-6-14(13)18(19)20/h2-8,16-17H,9H2,1H3. The molecule has 0 fully saturated rings. The molecular weight excluding hydrogens is 325 g/mol. The number of rotatable bonds is 6. The molecule has 2 rings (SSSR count). The van der Waals surface area contributed by atoms with Gasteiger partial charge in [-0.3, -0.25) is 14.8 Å². The molecule has 0 aliphatic carbocycles. The number of nitrogens with one attached hydrogen (secondary N) is 2. The summed E-state index contributed by atoms with van der Waals surface area (Å²) >= 11 is 0. The van der Waals surface area contributed by atoms with Crippen LogP contribution in [0.15, 0.2) is 42.5 Å². The molecule has 122 valence electrons. The lowest BCUT2D eigenvalue weighted by Gasteiger charge is -2.09. The van der Waals surface area contributed by atoms with E-state index in [4.69, 9.17) is 0 Å². The highest BCUT2D eigenvalue weighted by Gasteiger charge is 2.14. The third kappa shape index (κ3) is 4.92. The molecule has 7 nitrogen and oxygen atoms in total. The molecule has 2 N–H and O–H groups in total. The van der Waals surface area contributed by atoms with Gasteiger partial charge in [-0.2, -0.15) is 0 Å². The predicted molar refractivity (Wildman–Crippen MR) is 85.3 cm³/mol. The zero-order valence-corrected chi connectivity index (χ0v) is 12.9. The minimum Gasteiger partial charge on any atom is -0.375 e. The zero-order chi connectivity index (χ0) is 17.0. The average Bonchev–Trinajstić information content (AvgIpc) is 2.43. The second-order valence-electron chi connectivity index (χ2n) is 4.85. The van der Waals surface area contributed by atoms with Crippen LogP contribution in [0.1, 0.15) is 5.56 Å². The maximum Gasteiger partial charge on any atom is 0.292 e. The molecule has 0 aliphatic heterocycles. The van der Waals surface area contributed by atoms with Crippen molar-refractivity contribution in [1.82, 2.24) is 0 Å². The average molecular weight is 339 g/mol. The van der Waals surface area contributed by atoms with Gasteiger partial charge in [0, 0.05) is 24.4 Å². The molecule has 0 amide bonds. The van der Waals surface area contributed by atoms with Crippen molar-refractivity contribution in [1.29, 1.82) is 0 Å². The smallest absolute Gasteiger partial charge is 0.292 e. The first-order valence-electron chi connectivity index (χ1n) is 6.49. The van der Waals surface area contributed by atoms with E-state index in [1.807, 2.05) is 0 Å². The van der Waals surface area contributed by atoms with Gasteiger partial charge in [0.25, 0.3) is 5.69 Å². The third-order valence-corrected chi connectivity index (χ3v) is 3.47. The fourth-order valence-electron chi connectivity index (χ4n) is 1.97. The van der Waals surface area contributed by atoms with E-state index in [-0.39, 0.29) is 17.9 Å². The van der Waals surface area contributed by atoms with Gasteiger partial charge in [0.15, 0.2) is 0 Å². The van der Waals surface area contributed by atoms with E-state index >= 15 is 0 Å². The fraction of sp³-hybridized carbons (Fsp3) is 0.143. The summed E-state index contributed by atoms with van der Waals surface area (Å²) in [6.45, 7) is 0.170. The lowest BCUT2D eigenvalue weighted by Crippen LogP contribution is -2.10. The molecular formula is C14H14FN3O4S. The van der Waals surface area contributed by atoms with Crippen LogP contribution < -0.4 is 10.0 Å². The van der Waals surface area contributed by atoms with Crippen LogP contribution >= 0.6 is 0 Å². The molecule has 0 spiro atoms. The summed E-state index contributed by atoms with van der Waals surface area (Å²) < 4.78 is 38.0. The highest BCUT2D eigenvalue weighted by molar-refractivity contribution is 7.92. The Labute approximate surface area is 132 Å². The number of nitro benzene ring substituents is 1. The van der Waals surface area contributed by atoms with Crippen LogP contribution in [0.5, 0.6) is 0 Å². The molecule has 0 heterocycles. The van der Waals surface area contributed by atoms with Gasteiger partial charge in [0.05, 0.1) is 11.2 Å². The maximum atomic E-state index is 13.2. The van der Waals surface area contributed by atoms with E-state index in [9.17, 15) is 22.9 Å². The molecule has 2 aromatic rings. The van der Waals surface area contributed by atoms with Gasteiger partial charge in [-0.25, -0.2) is 12.8 Å². The van der Waals surface area contributed by atoms with Crippen LogP contribution in [0.4, 0.5) is 21.5 Å². The molecule has 0 atom stereocenters.